The van der Waals surface area contributed by atoms with E-state index in [0.29, 0.717) is 5.66 Å². The number of aliphatic hydroxyl groups excluding tert-OH is 1. The average Bonchev–Trinajstić information content (AvgIpc) is 2.43. The summed E-state index contributed by atoms with van der Waals surface area (Å²) in [5.74, 6) is 0. The second kappa shape index (κ2) is 15.8. The Bertz CT molecular complexity index is 182. The molecule has 0 saturated heterocycles. The molecule has 2 heteroatoms. The molecule has 0 radical (unpaired) electrons. The summed E-state index contributed by atoms with van der Waals surface area (Å²) in [5.41, 5.74) is 0.503. The Morgan fingerprint density at radius 3 is 1.50 bits per heavy atom. The maximum atomic E-state index is 9.42. The summed E-state index contributed by atoms with van der Waals surface area (Å²) in [4.78, 5) is 0. The van der Waals surface area contributed by atoms with Crippen molar-refractivity contribution in [2.24, 2.45) is 0 Å². The van der Waals surface area contributed by atoms with Gasteiger partial charge in [0.1, 0.15) is 0 Å². The third kappa shape index (κ3) is 14.8. The van der Waals surface area contributed by atoms with Crippen molar-refractivity contribution in [1.29, 1.82) is 0 Å². The molecule has 0 aromatic carbocycles. The summed E-state index contributed by atoms with van der Waals surface area (Å²) < 4.78 is 0. The summed E-state index contributed by atoms with van der Waals surface area (Å²) >= 11 is 0. The van der Waals surface area contributed by atoms with Gasteiger partial charge >= 0.3 is 0 Å². The van der Waals surface area contributed by atoms with Gasteiger partial charge in [0, 0.05) is 0 Å². The summed E-state index contributed by atoms with van der Waals surface area (Å²) in [6, 6.07) is 0. The Morgan fingerprint density at radius 1 is 0.700 bits per heavy atom. The highest BCUT2D eigenvalue weighted by Gasteiger charge is 2.07. The van der Waals surface area contributed by atoms with Crippen LogP contribution in [0.2, 0.25) is 0 Å². The number of hydrogen-bond donors (Lipinski definition) is 1. The molecule has 0 aliphatic rings. The predicted molar refractivity (Wildman–Crippen MR) is 95.4 cm³/mol. The molecular formula is C18H39OP. The average molecular weight is 302 g/mol. The maximum Gasteiger partial charge on any atom is 0.0574 e. The van der Waals surface area contributed by atoms with Crippen molar-refractivity contribution >= 4 is 8.58 Å². The molecule has 122 valence electrons. The van der Waals surface area contributed by atoms with Gasteiger partial charge in [0.05, 0.1) is 6.10 Å². The highest BCUT2D eigenvalue weighted by atomic mass is 31.1. The summed E-state index contributed by atoms with van der Waals surface area (Å²) in [5, 5.41) is 9.42. The quantitative estimate of drug-likeness (QED) is 0.285. The van der Waals surface area contributed by atoms with E-state index in [1.165, 1.54) is 83.2 Å². The van der Waals surface area contributed by atoms with Gasteiger partial charge in [0.25, 0.3) is 0 Å². The van der Waals surface area contributed by atoms with Gasteiger partial charge in [-0.05, 0) is 25.2 Å². The lowest BCUT2D eigenvalue weighted by molar-refractivity contribution is 0.195. The third-order valence-corrected chi connectivity index (χ3v) is 5.99. The van der Waals surface area contributed by atoms with E-state index in [2.05, 4.69) is 13.8 Å². The zero-order chi connectivity index (χ0) is 15.1. The van der Waals surface area contributed by atoms with Crippen LogP contribution < -0.4 is 0 Å². The second-order valence-electron chi connectivity index (χ2n) is 6.37. The number of unbranched alkanes of at least 4 members (excludes halogenated alkanes) is 11. The van der Waals surface area contributed by atoms with E-state index in [1.807, 2.05) is 6.92 Å². The highest BCUT2D eigenvalue weighted by molar-refractivity contribution is 7.38. The SMILES string of the molecule is CCCCCCCCCCCCCCPC(C)C(C)O. The molecular weight excluding hydrogens is 263 g/mol. The number of rotatable bonds is 15. The van der Waals surface area contributed by atoms with Crippen LogP contribution in [-0.4, -0.2) is 23.0 Å². The fourth-order valence-corrected chi connectivity index (χ4v) is 3.72. The van der Waals surface area contributed by atoms with Crippen molar-refractivity contribution in [3.05, 3.63) is 0 Å². The smallest absolute Gasteiger partial charge is 0.0574 e. The van der Waals surface area contributed by atoms with Gasteiger partial charge < -0.3 is 5.11 Å². The minimum absolute atomic E-state index is 0.120. The van der Waals surface area contributed by atoms with Crippen LogP contribution in [-0.2, 0) is 0 Å². The van der Waals surface area contributed by atoms with Crippen molar-refractivity contribution in [1.82, 2.24) is 0 Å². The Morgan fingerprint density at radius 2 is 1.10 bits per heavy atom. The normalized spacial score (nSPS) is 15.0. The molecule has 0 fully saturated rings. The van der Waals surface area contributed by atoms with Gasteiger partial charge in [0.2, 0.25) is 0 Å². The maximum absolute atomic E-state index is 9.42. The number of aliphatic hydroxyl groups is 1. The van der Waals surface area contributed by atoms with Crippen LogP contribution in [0.25, 0.3) is 0 Å². The summed E-state index contributed by atoms with van der Waals surface area (Å²) in [6.45, 7) is 6.37. The fraction of sp³-hybridized carbons (Fsp3) is 1.00. The molecule has 0 bridgehead atoms. The first-order valence-electron chi connectivity index (χ1n) is 9.10. The molecule has 0 spiro atoms. The first kappa shape index (κ1) is 20.4. The van der Waals surface area contributed by atoms with E-state index in [1.54, 1.807) is 0 Å². The first-order valence-corrected chi connectivity index (χ1v) is 10.4. The fourth-order valence-electron chi connectivity index (χ4n) is 2.47. The van der Waals surface area contributed by atoms with E-state index >= 15 is 0 Å². The minimum atomic E-state index is -0.120. The van der Waals surface area contributed by atoms with Crippen LogP contribution in [0.3, 0.4) is 0 Å². The topological polar surface area (TPSA) is 20.2 Å². The van der Waals surface area contributed by atoms with Crippen LogP contribution in [0.4, 0.5) is 0 Å². The zero-order valence-electron chi connectivity index (χ0n) is 14.3. The van der Waals surface area contributed by atoms with Crippen LogP contribution in [0.15, 0.2) is 0 Å². The third-order valence-electron chi connectivity index (χ3n) is 4.22. The van der Waals surface area contributed by atoms with E-state index in [0.717, 1.165) is 8.58 Å². The van der Waals surface area contributed by atoms with Crippen LogP contribution in [0.1, 0.15) is 97.8 Å². The molecule has 3 unspecified atom stereocenters. The Hall–Kier alpha value is 0.390. The molecule has 0 amide bonds. The van der Waals surface area contributed by atoms with E-state index in [9.17, 15) is 5.11 Å². The van der Waals surface area contributed by atoms with Crippen molar-refractivity contribution in [3.63, 3.8) is 0 Å². The molecule has 0 aromatic rings. The van der Waals surface area contributed by atoms with Gasteiger partial charge in [-0.1, -0.05) is 84.5 Å². The molecule has 0 saturated carbocycles. The Kier molecular flexibility index (Phi) is 16.1. The van der Waals surface area contributed by atoms with Crippen molar-refractivity contribution in [2.45, 2.75) is 110 Å². The van der Waals surface area contributed by atoms with Crippen LogP contribution in [0, 0.1) is 0 Å². The lowest BCUT2D eigenvalue weighted by atomic mass is 10.1. The van der Waals surface area contributed by atoms with Crippen molar-refractivity contribution in [2.75, 3.05) is 6.16 Å². The first-order chi connectivity index (χ1) is 9.68. The van der Waals surface area contributed by atoms with E-state index < -0.39 is 0 Å². The minimum Gasteiger partial charge on any atom is -0.393 e. The Labute approximate surface area is 130 Å². The summed E-state index contributed by atoms with van der Waals surface area (Å²) in [7, 11) is 0.948. The second-order valence-corrected chi connectivity index (χ2v) is 8.19. The molecule has 1 N–H and O–H groups in total. The molecule has 3 atom stereocenters. The molecule has 0 heterocycles. The van der Waals surface area contributed by atoms with Crippen molar-refractivity contribution in [3.8, 4) is 0 Å². The molecule has 20 heavy (non-hydrogen) atoms. The highest BCUT2D eigenvalue weighted by Crippen LogP contribution is 2.23. The van der Waals surface area contributed by atoms with Gasteiger partial charge in [-0.15, -0.1) is 8.58 Å². The lowest BCUT2D eigenvalue weighted by Crippen LogP contribution is -2.14. The Balaban J connectivity index is 3.03. The molecule has 0 aliphatic carbocycles. The largest absolute Gasteiger partial charge is 0.393 e. The van der Waals surface area contributed by atoms with Crippen LogP contribution in [0.5, 0.6) is 0 Å². The monoisotopic (exact) mass is 302 g/mol. The molecule has 0 rings (SSSR count). The van der Waals surface area contributed by atoms with Gasteiger partial charge in [0.15, 0.2) is 0 Å². The predicted octanol–water partition coefficient (Wildman–Crippen LogP) is 6.14. The molecule has 1 nitrogen and oxygen atoms in total. The molecule has 0 aromatic heterocycles. The van der Waals surface area contributed by atoms with Gasteiger partial charge in [-0.25, -0.2) is 0 Å². The lowest BCUT2D eigenvalue weighted by Gasteiger charge is -2.14. The van der Waals surface area contributed by atoms with Crippen LogP contribution >= 0.6 is 8.58 Å². The number of hydrogen-bond acceptors (Lipinski definition) is 1. The van der Waals surface area contributed by atoms with Crippen molar-refractivity contribution < 1.29 is 5.11 Å². The summed E-state index contributed by atoms with van der Waals surface area (Å²) in [6.07, 6.45) is 18.3. The molecule has 0 aliphatic heterocycles. The van der Waals surface area contributed by atoms with Gasteiger partial charge in [-0.3, -0.25) is 0 Å². The van der Waals surface area contributed by atoms with E-state index in [4.69, 9.17) is 0 Å². The zero-order valence-corrected chi connectivity index (χ0v) is 15.3. The standard InChI is InChI=1S/C18H39OP/c1-4-5-6-7-8-9-10-11-12-13-14-15-16-20-18(3)17(2)19/h17-20H,4-16H2,1-3H3. The van der Waals surface area contributed by atoms with E-state index in [-0.39, 0.29) is 6.10 Å². The van der Waals surface area contributed by atoms with Gasteiger partial charge in [-0.2, -0.15) is 0 Å².